The number of pyridine rings is 1. The van der Waals surface area contributed by atoms with Crippen molar-refractivity contribution in [3.05, 3.63) is 113 Å². The largest absolute Gasteiger partial charge is 0.497 e. The summed E-state index contributed by atoms with van der Waals surface area (Å²) in [4.78, 5) is 16.8. The highest BCUT2D eigenvalue weighted by molar-refractivity contribution is 5.94. The number of methoxy groups -OCH3 is 1. The highest BCUT2D eigenvalue weighted by atomic mass is 16.5. The Bertz CT molecular complexity index is 1240. The van der Waals surface area contributed by atoms with Crippen LogP contribution in [0.25, 0.3) is 17.7 Å². The fourth-order valence-corrected chi connectivity index (χ4v) is 3.93. The third kappa shape index (κ3) is 9.72. The lowest BCUT2D eigenvalue weighted by atomic mass is 9.92. The second-order valence-electron chi connectivity index (χ2n) is 8.28. The van der Waals surface area contributed by atoms with Gasteiger partial charge in [0.1, 0.15) is 5.75 Å². The van der Waals surface area contributed by atoms with Crippen LogP contribution in [-0.2, 0) is 6.42 Å². The smallest absolute Gasteiger partial charge is 0.251 e. The molecule has 0 fully saturated rings. The standard InChI is InChI=1S/C31H34N2O2.2C2H6/c1-6-9-28-21-32-17-16-30(28)22(4)26-10-11-27(24(8-3)19-26)18-23(7-2)20-33-31(34)25-12-14-29(35-5)15-13-25;2*1-2/h6,9-19,21H,4,7-8,20H2,1-3,5H3,(H,33,34);2*1-2H3/b9-6-,23-18+;;. The van der Waals surface area contributed by atoms with Crippen molar-refractivity contribution in [2.24, 2.45) is 0 Å². The van der Waals surface area contributed by atoms with Gasteiger partial charge in [0.25, 0.3) is 5.91 Å². The van der Waals surface area contributed by atoms with Crippen molar-refractivity contribution in [2.45, 2.75) is 61.3 Å². The Balaban J connectivity index is 0.00000181. The third-order valence-electron chi connectivity index (χ3n) is 6.04. The summed E-state index contributed by atoms with van der Waals surface area (Å²) in [5, 5.41) is 3.04. The number of allylic oxidation sites excluding steroid dienone is 1. The normalized spacial score (nSPS) is 10.6. The van der Waals surface area contributed by atoms with Gasteiger partial charge in [-0.15, -0.1) is 0 Å². The first-order valence-corrected chi connectivity index (χ1v) is 14.0. The van der Waals surface area contributed by atoms with Crippen LogP contribution in [0.5, 0.6) is 5.75 Å². The molecule has 0 saturated carbocycles. The van der Waals surface area contributed by atoms with Crippen molar-refractivity contribution < 1.29 is 9.53 Å². The van der Waals surface area contributed by atoms with Crippen molar-refractivity contribution >= 4 is 23.6 Å². The van der Waals surface area contributed by atoms with Gasteiger partial charge in [0.15, 0.2) is 0 Å². The molecule has 0 bridgehead atoms. The topological polar surface area (TPSA) is 51.2 Å². The second kappa shape index (κ2) is 18.4. The van der Waals surface area contributed by atoms with E-state index in [1.54, 1.807) is 37.6 Å². The van der Waals surface area contributed by atoms with Gasteiger partial charge in [0, 0.05) is 30.1 Å². The molecule has 208 valence electrons. The first-order valence-electron chi connectivity index (χ1n) is 14.0. The van der Waals surface area contributed by atoms with E-state index in [9.17, 15) is 4.79 Å². The molecule has 0 atom stereocenters. The van der Waals surface area contributed by atoms with Crippen molar-refractivity contribution in [1.29, 1.82) is 0 Å². The first kappa shape index (κ1) is 33.1. The van der Waals surface area contributed by atoms with Crippen molar-refractivity contribution in [1.82, 2.24) is 10.3 Å². The number of benzene rings is 2. The molecule has 0 aliphatic carbocycles. The molecule has 0 saturated heterocycles. The number of amides is 1. The molecule has 3 rings (SSSR count). The van der Waals surface area contributed by atoms with Gasteiger partial charge in [-0.3, -0.25) is 9.78 Å². The quantitative estimate of drug-likeness (QED) is 0.287. The number of nitrogens with zero attached hydrogens (tertiary/aromatic N) is 1. The predicted molar refractivity (Wildman–Crippen MR) is 169 cm³/mol. The highest BCUT2D eigenvalue weighted by Gasteiger charge is 2.10. The summed E-state index contributed by atoms with van der Waals surface area (Å²) < 4.78 is 5.17. The van der Waals surface area contributed by atoms with E-state index < -0.39 is 0 Å². The SMILES string of the molecule is C=C(c1ccc(/C=C(\CC)CNC(=O)c2ccc(OC)cc2)c(CC)c1)c1ccncc1/C=C\C.CC.CC. The van der Waals surface area contributed by atoms with Crippen molar-refractivity contribution in [3.8, 4) is 5.75 Å². The zero-order valence-electron chi connectivity index (χ0n) is 25.1. The molecule has 0 unspecified atom stereocenters. The van der Waals surface area contributed by atoms with Crippen LogP contribution >= 0.6 is 0 Å². The molecule has 0 spiro atoms. The lowest BCUT2D eigenvalue weighted by molar-refractivity contribution is 0.0957. The molecule has 3 aromatic rings. The molecule has 1 N–H and O–H groups in total. The zero-order chi connectivity index (χ0) is 29.2. The van der Waals surface area contributed by atoms with Crippen molar-refractivity contribution in [2.75, 3.05) is 13.7 Å². The molecular weight excluding hydrogens is 480 g/mol. The summed E-state index contributed by atoms with van der Waals surface area (Å²) in [6, 6.07) is 15.6. The lowest BCUT2D eigenvalue weighted by Crippen LogP contribution is -2.25. The number of nitrogens with one attached hydrogen (secondary N) is 1. The number of carbonyl (C=O) groups excluding carboxylic acids is 1. The Morgan fingerprint density at radius 2 is 1.64 bits per heavy atom. The maximum absolute atomic E-state index is 12.6. The number of aryl methyl sites for hydroxylation is 1. The van der Waals surface area contributed by atoms with Crippen LogP contribution in [0, 0.1) is 0 Å². The van der Waals surface area contributed by atoms with E-state index in [1.807, 2.05) is 53.0 Å². The van der Waals surface area contributed by atoms with Gasteiger partial charge < -0.3 is 10.1 Å². The number of hydrogen-bond acceptors (Lipinski definition) is 3. The van der Waals surface area contributed by atoms with E-state index in [4.69, 9.17) is 4.74 Å². The van der Waals surface area contributed by atoms with Gasteiger partial charge in [-0.1, -0.05) is 90.1 Å². The molecule has 0 aliphatic heterocycles. The number of rotatable bonds is 10. The summed E-state index contributed by atoms with van der Waals surface area (Å²) in [5.74, 6) is 0.638. The zero-order valence-corrected chi connectivity index (χ0v) is 25.1. The maximum Gasteiger partial charge on any atom is 0.251 e. The fourth-order valence-electron chi connectivity index (χ4n) is 3.93. The van der Waals surface area contributed by atoms with Crippen LogP contribution in [0.4, 0.5) is 0 Å². The average Bonchev–Trinajstić information content (AvgIpc) is 3.01. The molecule has 0 aliphatic rings. The van der Waals surface area contributed by atoms with E-state index in [1.165, 1.54) is 11.1 Å². The summed E-state index contributed by atoms with van der Waals surface area (Å²) in [6.07, 6.45) is 11.7. The number of hydrogen-bond donors (Lipinski definition) is 1. The van der Waals surface area contributed by atoms with E-state index >= 15 is 0 Å². The van der Waals surface area contributed by atoms with Gasteiger partial charge in [-0.2, -0.15) is 0 Å². The van der Waals surface area contributed by atoms with Gasteiger partial charge >= 0.3 is 0 Å². The van der Waals surface area contributed by atoms with E-state index in [-0.39, 0.29) is 5.91 Å². The van der Waals surface area contributed by atoms with Gasteiger partial charge in [0.05, 0.1) is 7.11 Å². The van der Waals surface area contributed by atoms with Gasteiger partial charge in [-0.05, 0) is 77.9 Å². The summed E-state index contributed by atoms with van der Waals surface area (Å²) in [6.45, 7) is 19.2. The Morgan fingerprint density at radius 3 is 2.23 bits per heavy atom. The average molecular weight is 527 g/mol. The minimum Gasteiger partial charge on any atom is -0.497 e. The highest BCUT2D eigenvalue weighted by Crippen LogP contribution is 2.28. The molecule has 1 heterocycles. The molecule has 0 radical (unpaired) electrons. The van der Waals surface area contributed by atoms with Crippen molar-refractivity contribution in [3.63, 3.8) is 0 Å². The maximum atomic E-state index is 12.6. The van der Waals surface area contributed by atoms with Crippen LogP contribution in [0.2, 0.25) is 0 Å². The van der Waals surface area contributed by atoms with E-state index in [2.05, 4.69) is 61.1 Å². The summed E-state index contributed by atoms with van der Waals surface area (Å²) >= 11 is 0. The Morgan fingerprint density at radius 1 is 0.974 bits per heavy atom. The second-order valence-corrected chi connectivity index (χ2v) is 8.28. The van der Waals surface area contributed by atoms with Crippen LogP contribution < -0.4 is 10.1 Å². The minimum atomic E-state index is -0.0938. The number of ether oxygens (including phenoxy) is 1. The molecule has 4 heteroatoms. The third-order valence-corrected chi connectivity index (χ3v) is 6.04. The fraction of sp³-hybridized carbons (Fsp3) is 0.314. The molecule has 39 heavy (non-hydrogen) atoms. The minimum absolute atomic E-state index is 0.0938. The monoisotopic (exact) mass is 526 g/mol. The summed E-state index contributed by atoms with van der Waals surface area (Å²) in [7, 11) is 1.61. The van der Waals surface area contributed by atoms with Crippen LogP contribution in [-0.4, -0.2) is 24.5 Å². The first-order chi connectivity index (χ1) is 19.0. The molecule has 1 amide bonds. The van der Waals surface area contributed by atoms with E-state index in [0.29, 0.717) is 12.1 Å². The molecule has 1 aromatic heterocycles. The molecule has 4 nitrogen and oxygen atoms in total. The van der Waals surface area contributed by atoms with Gasteiger partial charge in [0.2, 0.25) is 0 Å². The van der Waals surface area contributed by atoms with Crippen LogP contribution in [0.15, 0.2) is 79.2 Å². The Labute approximate surface area is 236 Å². The molecular formula is C35H46N2O2. The number of carbonyl (C=O) groups is 1. The Kier molecular flexibility index (Phi) is 15.6. The lowest BCUT2D eigenvalue weighted by Gasteiger charge is -2.14. The summed E-state index contributed by atoms with van der Waals surface area (Å²) in [5.41, 5.74) is 8.42. The number of aromatic nitrogens is 1. The predicted octanol–water partition coefficient (Wildman–Crippen LogP) is 9.02. The van der Waals surface area contributed by atoms with E-state index in [0.717, 1.165) is 46.4 Å². The van der Waals surface area contributed by atoms with Crippen LogP contribution in [0.3, 0.4) is 0 Å². The Hall–Kier alpha value is -3.92. The molecule has 2 aromatic carbocycles. The van der Waals surface area contributed by atoms with Crippen LogP contribution in [0.1, 0.15) is 93.1 Å². The van der Waals surface area contributed by atoms with Gasteiger partial charge in [-0.25, -0.2) is 0 Å².